The maximum absolute atomic E-state index is 12.0. The third-order valence-corrected chi connectivity index (χ3v) is 2.67. The maximum Gasteiger partial charge on any atom is 0.255 e. The van der Waals surface area contributed by atoms with Crippen LogP contribution in [0, 0.1) is 0 Å². The van der Waals surface area contributed by atoms with Gasteiger partial charge in [-0.05, 0) is 32.9 Å². The Labute approximate surface area is 113 Å². The average molecular weight is 267 g/mol. The van der Waals surface area contributed by atoms with Gasteiger partial charge in [0, 0.05) is 13.2 Å². The summed E-state index contributed by atoms with van der Waals surface area (Å²) in [4.78, 5) is 12.0. The molecule has 0 radical (unpaired) electrons. The number of hydrogen-bond acceptors (Lipinski definition) is 4. The van der Waals surface area contributed by atoms with Crippen molar-refractivity contribution in [1.82, 2.24) is 5.32 Å². The minimum Gasteiger partial charge on any atom is -0.504 e. The van der Waals surface area contributed by atoms with Crippen LogP contribution in [0.2, 0.25) is 0 Å². The number of hydrogen-bond donors (Lipinski definition) is 2. The summed E-state index contributed by atoms with van der Waals surface area (Å²) in [6.07, 6.45) is 0. The van der Waals surface area contributed by atoms with E-state index in [1.165, 1.54) is 7.11 Å². The second-order valence-electron chi connectivity index (χ2n) is 4.73. The van der Waals surface area contributed by atoms with Gasteiger partial charge in [0.15, 0.2) is 11.5 Å². The van der Waals surface area contributed by atoms with Crippen molar-refractivity contribution in [3.8, 4) is 11.5 Å². The van der Waals surface area contributed by atoms with E-state index in [1.807, 2.05) is 20.8 Å². The van der Waals surface area contributed by atoms with Gasteiger partial charge in [-0.1, -0.05) is 6.07 Å². The van der Waals surface area contributed by atoms with Gasteiger partial charge in [0.2, 0.25) is 0 Å². The van der Waals surface area contributed by atoms with Crippen molar-refractivity contribution in [2.45, 2.75) is 26.4 Å². The fraction of sp³-hybridized carbons (Fsp3) is 0.500. The normalized spacial score (nSPS) is 11.2. The predicted molar refractivity (Wildman–Crippen MR) is 72.7 cm³/mol. The van der Waals surface area contributed by atoms with Gasteiger partial charge in [0.05, 0.1) is 18.3 Å². The van der Waals surface area contributed by atoms with E-state index in [2.05, 4.69) is 5.32 Å². The van der Waals surface area contributed by atoms with Crippen LogP contribution < -0.4 is 10.1 Å². The molecule has 1 rings (SSSR count). The third kappa shape index (κ3) is 4.13. The molecule has 0 fully saturated rings. The topological polar surface area (TPSA) is 67.8 Å². The molecule has 1 aromatic rings. The Kier molecular flexibility index (Phi) is 5.18. The Balaban J connectivity index is 2.74. The molecule has 0 aliphatic heterocycles. The van der Waals surface area contributed by atoms with Gasteiger partial charge in [-0.25, -0.2) is 0 Å². The lowest BCUT2D eigenvalue weighted by Gasteiger charge is -2.25. The van der Waals surface area contributed by atoms with Crippen molar-refractivity contribution in [3.05, 3.63) is 23.8 Å². The van der Waals surface area contributed by atoms with Crippen molar-refractivity contribution < 1.29 is 19.4 Å². The van der Waals surface area contributed by atoms with Crippen molar-refractivity contribution in [2.75, 3.05) is 20.3 Å². The van der Waals surface area contributed by atoms with Crippen LogP contribution in [0.15, 0.2) is 18.2 Å². The molecule has 0 aromatic heterocycles. The Bertz CT molecular complexity index is 443. The first-order valence-corrected chi connectivity index (χ1v) is 6.19. The van der Waals surface area contributed by atoms with E-state index in [1.54, 1.807) is 18.2 Å². The Morgan fingerprint density at radius 1 is 1.42 bits per heavy atom. The summed E-state index contributed by atoms with van der Waals surface area (Å²) in [6, 6.07) is 4.79. The van der Waals surface area contributed by atoms with Gasteiger partial charge in [0.25, 0.3) is 5.91 Å². The molecule has 1 aromatic carbocycles. The largest absolute Gasteiger partial charge is 0.504 e. The minimum atomic E-state index is -0.446. The first-order chi connectivity index (χ1) is 8.91. The number of benzene rings is 1. The lowest BCUT2D eigenvalue weighted by molar-refractivity contribution is -0.00817. The number of aromatic hydroxyl groups is 1. The molecule has 0 heterocycles. The van der Waals surface area contributed by atoms with E-state index in [9.17, 15) is 9.90 Å². The smallest absolute Gasteiger partial charge is 0.255 e. The lowest BCUT2D eigenvalue weighted by atomic mass is 10.1. The van der Waals surface area contributed by atoms with E-state index >= 15 is 0 Å². The number of methoxy groups -OCH3 is 1. The molecule has 0 aliphatic carbocycles. The third-order valence-electron chi connectivity index (χ3n) is 2.67. The monoisotopic (exact) mass is 267 g/mol. The van der Waals surface area contributed by atoms with Gasteiger partial charge in [-0.2, -0.15) is 0 Å². The summed E-state index contributed by atoms with van der Waals surface area (Å²) in [7, 11) is 1.44. The van der Waals surface area contributed by atoms with Crippen LogP contribution in [0.3, 0.4) is 0 Å². The maximum atomic E-state index is 12.0. The fourth-order valence-corrected chi connectivity index (χ4v) is 1.70. The number of nitrogens with one attached hydrogen (secondary N) is 1. The molecular weight excluding hydrogens is 246 g/mol. The Morgan fingerprint density at radius 3 is 2.68 bits per heavy atom. The second kappa shape index (κ2) is 6.43. The van der Waals surface area contributed by atoms with Crippen LogP contribution in [0.1, 0.15) is 31.1 Å². The van der Waals surface area contributed by atoms with Crippen LogP contribution in [0.5, 0.6) is 11.5 Å². The van der Waals surface area contributed by atoms with Gasteiger partial charge in [-0.15, -0.1) is 0 Å². The Hall–Kier alpha value is -1.75. The molecule has 0 spiro atoms. The molecule has 106 valence electrons. The molecule has 1 amide bonds. The molecule has 0 atom stereocenters. The van der Waals surface area contributed by atoms with Crippen molar-refractivity contribution in [2.24, 2.45) is 0 Å². The molecule has 0 saturated heterocycles. The van der Waals surface area contributed by atoms with Crippen molar-refractivity contribution >= 4 is 5.91 Å². The lowest BCUT2D eigenvalue weighted by Crippen LogP contribution is -2.40. The molecule has 5 nitrogen and oxygen atoms in total. The number of phenols is 1. The molecule has 2 N–H and O–H groups in total. The number of phenolic OH excluding ortho intramolecular Hbond substituents is 1. The van der Waals surface area contributed by atoms with E-state index in [0.717, 1.165) is 0 Å². The fourth-order valence-electron chi connectivity index (χ4n) is 1.70. The highest BCUT2D eigenvalue weighted by Crippen LogP contribution is 2.29. The van der Waals surface area contributed by atoms with E-state index in [4.69, 9.17) is 9.47 Å². The molecule has 0 bridgehead atoms. The molecule has 0 aliphatic rings. The van der Waals surface area contributed by atoms with E-state index in [0.29, 0.717) is 13.2 Å². The van der Waals surface area contributed by atoms with Crippen LogP contribution in [0.4, 0.5) is 0 Å². The number of para-hydroxylation sites is 1. The molecular formula is C14H21NO4. The van der Waals surface area contributed by atoms with Crippen LogP contribution in [0.25, 0.3) is 0 Å². The summed E-state index contributed by atoms with van der Waals surface area (Å²) in [5.74, 6) is -0.238. The summed E-state index contributed by atoms with van der Waals surface area (Å²) in [5, 5.41) is 12.6. The van der Waals surface area contributed by atoms with Crippen molar-refractivity contribution in [1.29, 1.82) is 0 Å². The zero-order valence-electron chi connectivity index (χ0n) is 11.8. The Morgan fingerprint density at radius 2 is 2.11 bits per heavy atom. The average Bonchev–Trinajstić information content (AvgIpc) is 2.36. The zero-order chi connectivity index (χ0) is 14.5. The van der Waals surface area contributed by atoms with Gasteiger partial charge in [0.1, 0.15) is 0 Å². The number of carbonyl (C=O) groups is 1. The number of carbonyl (C=O) groups excluding carboxylic acids is 1. The molecule has 19 heavy (non-hydrogen) atoms. The summed E-state index contributed by atoms with van der Waals surface area (Å²) in [5.41, 5.74) is -0.259. The van der Waals surface area contributed by atoms with Gasteiger partial charge in [-0.3, -0.25) is 4.79 Å². The van der Waals surface area contributed by atoms with Crippen LogP contribution in [-0.2, 0) is 4.74 Å². The molecule has 0 saturated carbocycles. The molecule has 0 unspecified atom stereocenters. The minimum absolute atomic E-state index is 0.156. The first-order valence-electron chi connectivity index (χ1n) is 6.19. The van der Waals surface area contributed by atoms with Gasteiger partial charge >= 0.3 is 0 Å². The summed E-state index contributed by atoms with van der Waals surface area (Å²) >= 11 is 0. The number of ether oxygens (including phenoxy) is 2. The SMILES string of the molecule is CCOC(C)(C)CNC(=O)c1cccc(OC)c1O. The zero-order valence-corrected chi connectivity index (χ0v) is 11.8. The highest BCUT2D eigenvalue weighted by Gasteiger charge is 2.21. The molecule has 5 heteroatoms. The van der Waals surface area contributed by atoms with Crippen LogP contribution in [-0.4, -0.2) is 36.9 Å². The van der Waals surface area contributed by atoms with E-state index in [-0.39, 0.29) is 23.0 Å². The number of amides is 1. The van der Waals surface area contributed by atoms with Crippen molar-refractivity contribution in [3.63, 3.8) is 0 Å². The standard InChI is InChI=1S/C14H21NO4/c1-5-19-14(2,3)9-15-13(17)10-7-6-8-11(18-4)12(10)16/h6-8,16H,5,9H2,1-4H3,(H,15,17). The predicted octanol–water partition coefficient (Wildman–Crippen LogP) is 1.95. The van der Waals surface area contributed by atoms with Crippen LogP contribution >= 0.6 is 0 Å². The highest BCUT2D eigenvalue weighted by molar-refractivity contribution is 5.97. The first kappa shape index (κ1) is 15.3. The summed E-state index contributed by atoms with van der Waals surface area (Å²) in [6.45, 7) is 6.62. The second-order valence-corrected chi connectivity index (χ2v) is 4.73. The summed E-state index contributed by atoms with van der Waals surface area (Å²) < 4.78 is 10.5. The quantitative estimate of drug-likeness (QED) is 0.826. The number of rotatable bonds is 6. The van der Waals surface area contributed by atoms with E-state index < -0.39 is 5.60 Å². The highest BCUT2D eigenvalue weighted by atomic mass is 16.5. The van der Waals surface area contributed by atoms with Gasteiger partial charge < -0.3 is 19.9 Å².